The number of nitrogens with one attached hydrogen (secondary N) is 1. The van der Waals surface area contributed by atoms with Gasteiger partial charge >= 0.3 is 0 Å². The lowest BCUT2D eigenvalue weighted by atomic mass is 10.2. The van der Waals surface area contributed by atoms with Crippen LogP contribution in [0.3, 0.4) is 0 Å². The van der Waals surface area contributed by atoms with Crippen LogP contribution in [0.2, 0.25) is 5.02 Å². The van der Waals surface area contributed by atoms with Crippen LogP contribution in [-0.4, -0.2) is 12.0 Å². The fourth-order valence-electron chi connectivity index (χ4n) is 1.79. The second-order valence-corrected chi connectivity index (χ2v) is 4.63. The van der Waals surface area contributed by atoms with E-state index in [9.17, 15) is 14.5 Å². The van der Waals surface area contributed by atoms with Gasteiger partial charge in [-0.25, -0.2) is 4.39 Å². The number of benzene rings is 2. The highest BCUT2D eigenvalue weighted by Crippen LogP contribution is 2.32. The van der Waals surface area contributed by atoms with Gasteiger partial charge in [0, 0.05) is 23.2 Å². The van der Waals surface area contributed by atoms with Crippen LogP contribution in [0.5, 0.6) is 11.5 Å². The van der Waals surface area contributed by atoms with Crippen molar-refractivity contribution in [2.75, 3.05) is 7.05 Å². The van der Waals surface area contributed by atoms with Crippen molar-refractivity contribution in [2.24, 2.45) is 0 Å². The van der Waals surface area contributed by atoms with Crippen LogP contribution in [0.25, 0.3) is 0 Å². The Morgan fingerprint density at radius 3 is 2.71 bits per heavy atom. The first-order chi connectivity index (χ1) is 10.0. The summed E-state index contributed by atoms with van der Waals surface area (Å²) >= 11 is 6.08. The Balaban J connectivity index is 2.34. The predicted molar refractivity (Wildman–Crippen MR) is 77.3 cm³/mol. The van der Waals surface area contributed by atoms with Gasteiger partial charge in [-0.2, -0.15) is 0 Å². The number of non-ortho nitro benzene ring substituents is 1. The summed E-state index contributed by atoms with van der Waals surface area (Å²) in [5.41, 5.74) is 0.348. The molecule has 2 rings (SSSR count). The molecule has 0 heterocycles. The van der Waals surface area contributed by atoms with E-state index >= 15 is 0 Å². The van der Waals surface area contributed by atoms with Crippen molar-refractivity contribution in [1.82, 2.24) is 5.32 Å². The van der Waals surface area contributed by atoms with E-state index in [1.807, 2.05) is 0 Å². The molecular weight excluding hydrogens is 299 g/mol. The molecular formula is C14H12ClFN2O3. The molecule has 0 aliphatic carbocycles. The minimum Gasteiger partial charge on any atom is -0.454 e. The molecule has 7 heteroatoms. The number of hydrogen-bond acceptors (Lipinski definition) is 4. The smallest absolute Gasteiger partial charge is 0.272 e. The van der Waals surface area contributed by atoms with Gasteiger partial charge in [-0.15, -0.1) is 0 Å². The third-order valence-corrected chi connectivity index (χ3v) is 3.13. The average molecular weight is 311 g/mol. The molecule has 0 unspecified atom stereocenters. The van der Waals surface area contributed by atoms with Crippen LogP contribution in [0.4, 0.5) is 10.1 Å². The highest BCUT2D eigenvalue weighted by molar-refractivity contribution is 6.31. The van der Waals surface area contributed by atoms with Gasteiger partial charge in [-0.1, -0.05) is 17.7 Å². The summed E-state index contributed by atoms with van der Waals surface area (Å²) in [6.07, 6.45) is 0. The Labute approximate surface area is 125 Å². The normalized spacial score (nSPS) is 10.4. The molecule has 0 aliphatic heterocycles. The van der Waals surface area contributed by atoms with Gasteiger partial charge < -0.3 is 10.1 Å². The maximum Gasteiger partial charge on any atom is 0.272 e. The molecule has 0 amide bonds. The zero-order valence-electron chi connectivity index (χ0n) is 11.1. The third kappa shape index (κ3) is 3.48. The molecule has 5 nitrogen and oxygen atoms in total. The maximum absolute atomic E-state index is 13.8. The quantitative estimate of drug-likeness (QED) is 0.672. The summed E-state index contributed by atoms with van der Waals surface area (Å²) in [6.45, 7) is 0.448. The minimum atomic E-state index is -0.806. The molecule has 0 atom stereocenters. The van der Waals surface area contributed by atoms with Gasteiger partial charge in [0.05, 0.1) is 11.0 Å². The topological polar surface area (TPSA) is 64.4 Å². The Morgan fingerprint density at radius 2 is 2.10 bits per heavy atom. The number of nitro groups is 1. The van der Waals surface area contributed by atoms with Crippen molar-refractivity contribution >= 4 is 17.3 Å². The van der Waals surface area contributed by atoms with Crippen molar-refractivity contribution in [3.8, 4) is 11.5 Å². The van der Waals surface area contributed by atoms with Crippen LogP contribution in [0.15, 0.2) is 36.4 Å². The molecule has 0 radical (unpaired) electrons. The summed E-state index contributed by atoms with van der Waals surface area (Å²) in [7, 11) is 1.75. The van der Waals surface area contributed by atoms with Crippen LogP contribution in [0, 0.1) is 15.9 Å². The molecule has 0 bridgehead atoms. The molecule has 1 N–H and O–H groups in total. The molecule has 2 aromatic rings. The number of nitrogens with zero attached hydrogens (tertiary/aromatic N) is 1. The molecule has 0 saturated carbocycles. The Bertz CT molecular complexity index is 679. The van der Waals surface area contributed by atoms with E-state index in [0.29, 0.717) is 22.9 Å². The fraction of sp³-hybridized carbons (Fsp3) is 0.143. The fourth-order valence-corrected chi connectivity index (χ4v) is 2.02. The van der Waals surface area contributed by atoms with Crippen LogP contribution in [-0.2, 0) is 6.54 Å². The van der Waals surface area contributed by atoms with E-state index in [4.69, 9.17) is 16.3 Å². The largest absolute Gasteiger partial charge is 0.454 e. The zero-order valence-corrected chi connectivity index (χ0v) is 11.9. The van der Waals surface area contributed by atoms with Crippen molar-refractivity contribution in [2.45, 2.75) is 6.54 Å². The first-order valence-electron chi connectivity index (χ1n) is 6.06. The number of ether oxygens (including phenoxy) is 1. The van der Waals surface area contributed by atoms with Gasteiger partial charge in [-0.3, -0.25) is 10.1 Å². The highest BCUT2D eigenvalue weighted by Gasteiger charge is 2.14. The number of nitro benzene ring substituents is 1. The van der Waals surface area contributed by atoms with Crippen molar-refractivity contribution < 1.29 is 14.1 Å². The second kappa shape index (κ2) is 6.51. The van der Waals surface area contributed by atoms with Gasteiger partial charge in [0.2, 0.25) is 0 Å². The average Bonchev–Trinajstić information content (AvgIpc) is 2.44. The van der Waals surface area contributed by atoms with E-state index in [-0.39, 0.29) is 11.4 Å². The van der Waals surface area contributed by atoms with Crippen LogP contribution < -0.4 is 10.1 Å². The lowest BCUT2D eigenvalue weighted by Gasteiger charge is -2.12. The molecule has 0 aromatic heterocycles. The number of halogens is 2. The third-order valence-electron chi connectivity index (χ3n) is 2.78. The molecule has 2 aromatic carbocycles. The lowest BCUT2D eigenvalue weighted by molar-refractivity contribution is -0.385. The van der Waals surface area contributed by atoms with Crippen molar-refractivity contribution in [3.63, 3.8) is 0 Å². The first kappa shape index (κ1) is 15.2. The zero-order chi connectivity index (χ0) is 15.4. The van der Waals surface area contributed by atoms with Crippen LogP contribution in [0.1, 0.15) is 5.56 Å². The van der Waals surface area contributed by atoms with Gasteiger partial charge in [0.15, 0.2) is 11.6 Å². The Morgan fingerprint density at radius 1 is 1.33 bits per heavy atom. The molecule has 21 heavy (non-hydrogen) atoms. The summed E-state index contributed by atoms with van der Waals surface area (Å²) in [5, 5.41) is 14.0. The number of rotatable bonds is 5. The van der Waals surface area contributed by atoms with Gasteiger partial charge in [-0.05, 0) is 25.2 Å². The first-order valence-corrected chi connectivity index (χ1v) is 6.44. The molecule has 0 aliphatic rings. The summed E-state index contributed by atoms with van der Waals surface area (Å²) in [4.78, 5) is 9.91. The summed E-state index contributed by atoms with van der Waals surface area (Å²) in [5.74, 6) is -0.510. The minimum absolute atomic E-state index is 0.0970. The monoisotopic (exact) mass is 310 g/mol. The van der Waals surface area contributed by atoms with E-state index in [0.717, 1.165) is 6.07 Å². The second-order valence-electron chi connectivity index (χ2n) is 4.22. The predicted octanol–water partition coefficient (Wildman–Crippen LogP) is 3.90. The Kier molecular flexibility index (Phi) is 4.72. The van der Waals surface area contributed by atoms with E-state index in [1.165, 1.54) is 12.1 Å². The van der Waals surface area contributed by atoms with Crippen molar-refractivity contribution in [3.05, 3.63) is 62.9 Å². The van der Waals surface area contributed by atoms with Gasteiger partial charge in [0.25, 0.3) is 5.69 Å². The molecule has 0 spiro atoms. The Hall–Kier alpha value is -2.18. The maximum atomic E-state index is 13.8. The standard InChI is InChI=1S/C14H12ClFN2O3/c1-17-8-10-11(15)3-2-4-13(10)21-14-6-5-9(18(19)20)7-12(14)16/h2-7,17H,8H2,1H3. The van der Waals surface area contributed by atoms with E-state index < -0.39 is 10.7 Å². The van der Waals surface area contributed by atoms with E-state index in [2.05, 4.69) is 5.32 Å². The van der Waals surface area contributed by atoms with Crippen LogP contribution >= 0.6 is 11.6 Å². The van der Waals surface area contributed by atoms with Crippen molar-refractivity contribution in [1.29, 1.82) is 0 Å². The molecule has 110 valence electrons. The number of hydrogen-bond donors (Lipinski definition) is 1. The SMILES string of the molecule is CNCc1c(Cl)cccc1Oc1ccc([N+](=O)[O-])cc1F. The molecule has 0 saturated heterocycles. The van der Waals surface area contributed by atoms with Gasteiger partial charge in [0.1, 0.15) is 5.75 Å². The summed E-state index contributed by atoms with van der Waals surface area (Å²) in [6, 6.07) is 8.25. The van der Waals surface area contributed by atoms with E-state index in [1.54, 1.807) is 25.2 Å². The lowest BCUT2D eigenvalue weighted by Crippen LogP contribution is -2.07. The molecule has 0 fully saturated rings. The highest BCUT2D eigenvalue weighted by atomic mass is 35.5. The summed E-state index contributed by atoms with van der Waals surface area (Å²) < 4.78 is 19.3.